The van der Waals surface area contributed by atoms with Gasteiger partial charge in [-0.15, -0.1) is 0 Å². The van der Waals surface area contributed by atoms with Gasteiger partial charge in [-0.2, -0.15) is 0 Å². The normalized spacial score (nSPS) is 15.7. The van der Waals surface area contributed by atoms with E-state index in [1.54, 1.807) is 18.2 Å². The van der Waals surface area contributed by atoms with Crippen LogP contribution in [-0.4, -0.2) is 38.7 Å². The number of methoxy groups -OCH3 is 1. The first-order valence-electron chi connectivity index (χ1n) is 8.98. The summed E-state index contributed by atoms with van der Waals surface area (Å²) in [6, 6.07) is 16.9. The van der Waals surface area contributed by atoms with Crippen LogP contribution in [-0.2, 0) is 24.5 Å². The van der Waals surface area contributed by atoms with Crippen LogP contribution in [0.1, 0.15) is 18.4 Å². The lowest BCUT2D eigenvalue weighted by Gasteiger charge is -2.36. The van der Waals surface area contributed by atoms with Crippen LogP contribution < -0.4 is 10.6 Å². The molecule has 1 fully saturated rings. The van der Waals surface area contributed by atoms with Crippen LogP contribution in [0.3, 0.4) is 0 Å². The molecule has 2 aromatic rings. The Morgan fingerprint density at radius 3 is 2.33 bits per heavy atom. The minimum absolute atomic E-state index is 0.0201. The van der Waals surface area contributed by atoms with Gasteiger partial charge in [-0.1, -0.05) is 36.4 Å². The SMILES string of the molecule is COCC(=O)Nc1cccc(NC(=O)C2(c3ccccc3)CCOCC2)c1. The number of hydrogen-bond donors (Lipinski definition) is 2. The standard InChI is InChI=1S/C21H24N2O4/c1-26-15-19(24)22-17-8-5-9-18(14-17)23-20(25)21(10-12-27-13-11-21)16-6-3-2-4-7-16/h2-9,14H,10-13,15H2,1H3,(H,22,24)(H,23,25). The van der Waals surface area contributed by atoms with E-state index in [1.165, 1.54) is 7.11 Å². The van der Waals surface area contributed by atoms with E-state index in [4.69, 9.17) is 9.47 Å². The van der Waals surface area contributed by atoms with Crippen molar-refractivity contribution >= 4 is 23.2 Å². The zero-order chi connectivity index (χ0) is 19.1. The van der Waals surface area contributed by atoms with E-state index in [0.29, 0.717) is 37.4 Å². The van der Waals surface area contributed by atoms with E-state index >= 15 is 0 Å². The first-order chi connectivity index (χ1) is 13.1. The Labute approximate surface area is 158 Å². The van der Waals surface area contributed by atoms with Crippen LogP contribution in [0.4, 0.5) is 11.4 Å². The Morgan fingerprint density at radius 1 is 1.00 bits per heavy atom. The molecule has 1 heterocycles. The molecule has 6 heteroatoms. The molecule has 6 nitrogen and oxygen atoms in total. The van der Waals surface area contributed by atoms with E-state index in [9.17, 15) is 9.59 Å². The lowest BCUT2D eigenvalue weighted by atomic mass is 9.73. The number of anilines is 2. The molecule has 1 aliphatic heterocycles. The van der Waals surface area contributed by atoms with Crippen molar-refractivity contribution in [3.63, 3.8) is 0 Å². The number of benzene rings is 2. The third-order valence-corrected chi connectivity index (χ3v) is 4.79. The third kappa shape index (κ3) is 4.53. The number of ether oxygens (including phenoxy) is 2. The van der Waals surface area contributed by atoms with E-state index in [1.807, 2.05) is 36.4 Å². The Morgan fingerprint density at radius 2 is 1.67 bits per heavy atom. The van der Waals surface area contributed by atoms with Gasteiger partial charge in [0.15, 0.2) is 0 Å². The van der Waals surface area contributed by atoms with Gasteiger partial charge in [-0.3, -0.25) is 9.59 Å². The number of carbonyl (C=O) groups excluding carboxylic acids is 2. The molecule has 2 amide bonds. The number of amides is 2. The molecule has 142 valence electrons. The highest BCUT2D eigenvalue weighted by Gasteiger charge is 2.41. The van der Waals surface area contributed by atoms with Crippen LogP contribution in [0.2, 0.25) is 0 Å². The molecule has 0 unspecified atom stereocenters. The molecular formula is C21H24N2O4. The van der Waals surface area contributed by atoms with Crippen LogP contribution in [0.15, 0.2) is 54.6 Å². The predicted molar refractivity (Wildman–Crippen MR) is 104 cm³/mol. The van der Waals surface area contributed by atoms with Crippen molar-refractivity contribution in [2.24, 2.45) is 0 Å². The second kappa shape index (κ2) is 8.79. The molecule has 0 radical (unpaired) electrons. The van der Waals surface area contributed by atoms with Crippen LogP contribution in [0.25, 0.3) is 0 Å². The highest BCUT2D eigenvalue weighted by atomic mass is 16.5. The van der Waals surface area contributed by atoms with Gasteiger partial charge < -0.3 is 20.1 Å². The summed E-state index contributed by atoms with van der Waals surface area (Å²) in [5.41, 5.74) is 1.62. The van der Waals surface area contributed by atoms with Crippen molar-refractivity contribution < 1.29 is 19.1 Å². The fourth-order valence-corrected chi connectivity index (χ4v) is 3.38. The van der Waals surface area contributed by atoms with Crippen LogP contribution >= 0.6 is 0 Å². The molecule has 0 atom stereocenters. The van der Waals surface area contributed by atoms with Gasteiger partial charge in [0.1, 0.15) is 6.61 Å². The van der Waals surface area contributed by atoms with Gasteiger partial charge in [0.2, 0.25) is 11.8 Å². The van der Waals surface area contributed by atoms with E-state index in [2.05, 4.69) is 10.6 Å². The van der Waals surface area contributed by atoms with Crippen molar-refractivity contribution in [1.29, 1.82) is 0 Å². The highest BCUT2D eigenvalue weighted by molar-refractivity contribution is 6.00. The number of hydrogen-bond acceptors (Lipinski definition) is 4. The monoisotopic (exact) mass is 368 g/mol. The quantitative estimate of drug-likeness (QED) is 0.822. The minimum atomic E-state index is -0.616. The molecule has 0 aliphatic carbocycles. The van der Waals surface area contributed by atoms with E-state index in [-0.39, 0.29) is 18.4 Å². The molecule has 2 N–H and O–H groups in total. The summed E-state index contributed by atoms with van der Waals surface area (Å²) >= 11 is 0. The Kier molecular flexibility index (Phi) is 6.21. The first kappa shape index (κ1) is 19.1. The average molecular weight is 368 g/mol. The summed E-state index contributed by atoms with van der Waals surface area (Å²) in [5, 5.41) is 5.76. The summed E-state index contributed by atoms with van der Waals surface area (Å²) in [5.74, 6) is -0.302. The van der Waals surface area contributed by atoms with Crippen molar-refractivity contribution in [3.8, 4) is 0 Å². The maximum absolute atomic E-state index is 13.3. The number of rotatable bonds is 6. The van der Waals surface area contributed by atoms with Gasteiger partial charge in [-0.25, -0.2) is 0 Å². The molecule has 0 spiro atoms. The minimum Gasteiger partial charge on any atom is -0.381 e. The Hall–Kier alpha value is -2.70. The van der Waals surface area contributed by atoms with Crippen LogP contribution in [0.5, 0.6) is 0 Å². The summed E-state index contributed by atoms with van der Waals surface area (Å²) in [4.78, 5) is 24.9. The van der Waals surface area contributed by atoms with Gasteiger partial charge >= 0.3 is 0 Å². The second-order valence-electron chi connectivity index (χ2n) is 6.58. The zero-order valence-electron chi connectivity index (χ0n) is 15.4. The van der Waals surface area contributed by atoms with Gasteiger partial charge in [-0.05, 0) is 36.6 Å². The molecule has 0 aromatic heterocycles. The largest absolute Gasteiger partial charge is 0.381 e. The van der Waals surface area contributed by atoms with Crippen molar-refractivity contribution in [2.75, 3.05) is 37.6 Å². The molecule has 2 aromatic carbocycles. The Bertz CT molecular complexity index is 786. The van der Waals surface area contributed by atoms with E-state index < -0.39 is 5.41 Å². The van der Waals surface area contributed by atoms with E-state index in [0.717, 1.165) is 5.56 Å². The third-order valence-electron chi connectivity index (χ3n) is 4.79. The maximum Gasteiger partial charge on any atom is 0.250 e. The summed E-state index contributed by atoms with van der Waals surface area (Å²) in [6.07, 6.45) is 1.26. The fourth-order valence-electron chi connectivity index (χ4n) is 3.38. The molecule has 1 aliphatic rings. The van der Waals surface area contributed by atoms with Crippen LogP contribution in [0, 0.1) is 0 Å². The van der Waals surface area contributed by atoms with Crippen molar-refractivity contribution in [2.45, 2.75) is 18.3 Å². The average Bonchev–Trinajstić information content (AvgIpc) is 2.69. The smallest absolute Gasteiger partial charge is 0.250 e. The number of nitrogens with one attached hydrogen (secondary N) is 2. The number of carbonyl (C=O) groups is 2. The lowest BCUT2D eigenvalue weighted by molar-refractivity contribution is -0.125. The topological polar surface area (TPSA) is 76.7 Å². The van der Waals surface area contributed by atoms with Crippen molar-refractivity contribution in [1.82, 2.24) is 0 Å². The molecule has 0 bridgehead atoms. The second-order valence-corrected chi connectivity index (χ2v) is 6.58. The van der Waals surface area contributed by atoms with Gasteiger partial charge in [0, 0.05) is 31.7 Å². The van der Waals surface area contributed by atoms with Crippen molar-refractivity contribution in [3.05, 3.63) is 60.2 Å². The maximum atomic E-state index is 13.3. The Balaban J connectivity index is 1.79. The fraction of sp³-hybridized carbons (Fsp3) is 0.333. The van der Waals surface area contributed by atoms with Gasteiger partial charge in [0.05, 0.1) is 5.41 Å². The molecular weight excluding hydrogens is 344 g/mol. The molecule has 3 rings (SSSR count). The first-order valence-corrected chi connectivity index (χ1v) is 8.98. The summed E-state index contributed by atoms with van der Waals surface area (Å²) in [6.45, 7) is 1.08. The molecule has 1 saturated heterocycles. The predicted octanol–water partition coefficient (Wildman–Crippen LogP) is 2.96. The summed E-state index contributed by atoms with van der Waals surface area (Å²) < 4.78 is 10.3. The highest BCUT2D eigenvalue weighted by Crippen LogP contribution is 2.36. The lowest BCUT2D eigenvalue weighted by Crippen LogP contribution is -2.44. The summed E-state index contributed by atoms with van der Waals surface area (Å²) in [7, 11) is 1.47. The molecule has 27 heavy (non-hydrogen) atoms. The van der Waals surface area contributed by atoms with Gasteiger partial charge in [0.25, 0.3) is 0 Å². The molecule has 0 saturated carbocycles. The zero-order valence-corrected chi connectivity index (χ0v) is 15.4.